The number of amides is 1. The number of hydrogen-bond acceptors (Lipinski definition) is 2. The fourth-order valence-corrected chi connectivity index (χ4v) is 2.13. The molecule has 1 atom stereocenters. The summed E-state index contributed by atoms with van der Waals surface area (Å²) in [6, 6.07) is 2.19. The molecule has 17 heavy (non-hydrogen) atoms. The minimum atomic E-state index is -0.467. The van der Waals surface area contributed by atoms with Crippen LogP contribution < -0.4 is 11.1 Å². The molecule has 0 aliphatic carbocycles. The van der Waals surface area contributed by atoms with Crippen molar-refractivity contribution in [2.45, 2.75) is 25.8 Å². The molecule has 0 spiro atoms. The third-order valence-electron chi connectivity index (χ3n) is 2.24. The van der Waals surface area contributed by atoms with Crippen molar-refractivity contribution in [3.63, 3.8) is 0 Å². The van der Waals surface area contributed by atoms with Crippen molar-refractivity contribution < 1.29 is 9.18 Å². The molecule has 0 aliphatic rings. The van der Waals surface area contributed by atoms with Crippen molar-refractivity contribution in [3.8, 4) is 0 Å². The van der Waals surface area contributed by atoms with Gasteiger partial charge in [-0.2, -0.15) is 0 Å². The minimum Gasteiger partial charge on any atom is -0.327 e. The van der Waals surface area contributed by atoms with Crippen LogP contribution in [0.25, 0.3) is 0 Å². The molecule has 0 aromatic heterocycles. The summed E-state index contributed by atoms with van der Waals surface area (Å²) in [5.41, 5.74) is 6.02. The summed E-state index contributed by atoms with van der Waals surface area (Å²) in [4.78, 5) is 11.6. The van der Waals surface area contributed by atoms with Gasteiger partial charge in [0.05, 0.1) is 10.7 Å². The van der Waals surface area contributed by atoms with E-state index in [-0.39, 0.29) is 23.4 Å². The van der Waals surface area contributed by atoms with E-state index >= 15 is 0 Å². The highest BCUT2D eigenvalue weighted by Crippen LogP contribution is 2.31. The Kier molecular flexibility index (Phi) is 5.36. The SMILES string of the molecule is CCC(N)CC(=O)Nc1c(Cl)cc(F)cc1Br. The zero-order valence-corrected chi connectivity index (χ0v) is 11.6. The van der Waals surface area contributed by atoms with E-state index in [1.54, 1.807) is 0 Å². The number of benzene rings is 1. The molecule has 0 bridgehead atoms. The molecule has 0 aliphatic heterocycles. The van der Waals surface area contributed by atoms with Crippen molar-refractivity contribution in [2.75, 3.05) is 5.32 Å². The predicted molar refractivity (Wildman–Crippen MR) is 70.6 cm³/mol. The van der Waals surface area contributed by atoms with Gasteiger partial charge in [-0.15, -0.1) is 0 Å². The van der Waals surface area contributed by atoms with E-state index in [9.17, 15) is 9.18 Å². The van der Waals surface area contributed by atoms with E-state index in [1.165, 1.54) is 6.07 Å². The number of nitrogens with two attached hydrogens (primary N) is 1. The summed E-state index contributed by atoms with van der Waals surface area (Å²) in [5, 5.41) is 2.75. The van der Waals surface area contributed by atoms with Crippen molar-refractivity contribution >= 4 is 39.1 Å². The number of anilines is 1. The molecule has 1 amide bonds. The lowest BCUT2D eigenvalue weighted by molar-refractivity contribution is -0.116. The van der Waals surface area contributed by atoms with E-state index in [2.05, 4.69) is 21.2 Å². The molecule has 0 heterocycles. The van der Waals surface area contributed by atoms with Crippen LogP contribution in [0.5, 0.6) is 0 Å². The highest BCUT2D eigenvalue weighted by molar-refractivity contribution is 9.10. The molecule has 94 valence electrons. The quantitative estimate of drug-likeness (QED) is 0.893. The summed E-state index contributed by atoms with van der Waals surface area (Å²) in [5.74, 6) is -0.710. The van der Waals surface area contributed by atoms with Gasteiger partial charge < -0.3 is 11.1 Å². The molecule has 0 saturated heterocycles. The number of hydrogen-bond donors (Lipinski definition) is 2. The Hall–Kier alpha value is -0.650. The Balaban J connectivity index is 2.78. The molecule has 3 N–H and O–H groups in total. The second-order valence-corrected chi connectivity index (χ2v) is 4.93. The Bertz CT molecular complexity index is 405. The van der Waals surface area contributed by atoms with Crippen LogP contribution in [0.4, 0.5) is 10.1 Å². The molecule has 0 saturated carbocycles. The summed E-state index contributed by atoms with van der Waals surface area (Å²) in [6.07, 6.45) is 0.919. The van der Waals surface area contributed by atoms with Gasteiger partial charge >= 0.3 is 0 Å². The number of halogens is 3. The Labute approximate surface area is 113 Å². The van der Waals surface area contributed by atoms with Crippen LogP contribution >= 0.6 is 27.5 Å². The molecule has 0 fully saturated rings. The van der Waals surface area contributed by atoms with Gasteiger partial charge in [-0.1, -0.05) is 18.5 Å². The molecule has 1 rings (SSSR count). The first-order chi connectivity index (χ1) is 7.93. The molecule has 1 aromatic carbocycles. The van der Waals surface area contributed by atoms with Crippen LogP contribution in [0.2, 0.25) is 5.02 Å². The second-order valence-electron chi connectivity index (χ2n) is 3.67. The van der Waals surface area contributed by atoms with Crippen LogP contribution in [-0.4, -0.2) is 11.9 Å². The standard InChI is InChI=1S/C11H13BrClFN2O/c1-2-7(15)5-10(17)16-11-8(12)3-6(14)4-9(11)13/h3-4,7H,2,5,15H2,1H3,(H,16,17). The largest absolute Gasteiger partial charge is 0.327 e. The smallest absolute Gasteiger partial charge is 0.226 e. The third kappa shape index (κ3) is 4.26. The fourth-order valence-electron chi connectivity index (χ4n) is 1.23. The first kappa shape index (κ1) is 14.4. The lowest BCUT2D eigenvalue weighted by atomic mass is 10.1. The van der Waals surface area contributed by atoms with Gasteiger partial charge in [0, 0.05) is 16.9 Å². The maximum atomic E-state index is 13.0. The average Bonchev–Trinajstić information content (AvgIpc) is 2.23. The van der Waals surface area contributed by atoms with Gasteiger partial charge in [-0.05, 0) is 34.5 Å². The third-order valence-corrected chi connectivity index (χ3v) is 3.17. The molecule has 1 aromatic rings. The molecular formula is C11H13BrClFN2O. The average molecular weight is 324 g/mol. The molecule has 1 unspecified atom stereocenters. The minimum absolute atomic E-state index is 0.148. The van der Waals surface area contributed by atoms with Crippen LogP contribution in [0.15, 0.2) is 16.6 Å². The number of rotatable bonds is 4. The summed E-state index contributed by atoms with van der Waals surface area (Å²) >= 11 is 8.97. The normalized spacial score (nSPS) is 12.3. The van der Waals surface area contributed by atoms with Crippen LogP contribution in [0.3, 0.4) is 0 Å². The van der Waals surface area contributed by atoms with Crippen LogP contribution in [-0.2, 0) is 4.79 Å². The highest BCUT2D eigenvalue weighted by Gasteiger charge is 2.13. The van der Waals surface area contributed by atoms with Gasteiger partial charge in [0.1, 0.15) is 5.82 Å². The number of nitrogens with one attached hydrogen (secondary N) is 1. The monoisotopic (exact) mass is 322 g/mol. The van der Waals surface area contributed by atoms with Crippen molar-refractivity contribution in [1.82, 2.24) is 0 Å². The lowest BCUT2D eigenvalue weighted by Gasteiger charge is -2.12. The van der Waals surface area contributed by atoms with E-state index in [1.807, 2.05) is 6.92 Å². The zero-order valence-electron chi connectivity index (χ0n) is 9.27. The van der Waals surface area contributed by atoms with Crippen LogP contribution in [0.1, 0.15) is 19.8 Å². The molecule has 6 heteroatoms. The highest BCUT2D eigenvalue weighted by atomic mass is 79.9. The van der Waals surface area contributed by atoms with Crippen molar-refractivity contribution in [2.24, 2.45) is 5.73 Å². The molecular weight excluding hydrogens is 310 g/mol. The maximum absolute atomic E-state index is 13.0. The fraction of sp³-hybridized carbons (Fsp3) is 0.364. The van der Waals surface area contributed by atoms with Gasteiger partial charge in [-0.3, -0.25) is 4.79 Å². The van der Waals surface area contributed by atoms with E-state index in [0.29, 0.717) is 16.6 Å². The summed E-state index contributed by atoms with van der Waals surface area (Å²) in [6.45, 7) is 1.90. The first-order valence-electron chi connectivity index (χ1n) is 5.14. The summed E-state index contributed by atoms with van der Waals surface area (Å²) < 4.78 is 13.4. The van der Waals surface area contributed by atoms with E-state index < -0.39 is 5.82 Å². The van der Waals surface area contributed by atoms with Crippen molar-refractivity contribution in [3.05, 3.63) is 27.4 Å². The van der Waals surface area contributed by atoms with Gasteiger partial charge in [0.25, 0.3) is 0 Å². The predicted octanol–water partition coefficient (Wildman–Crippen LogP) is 3.31. The van der Waals surface area contributed by atoms with Gasteiger partial charge in [-0.25, -0.2) is 4.39 Å². The Morgan fingerprint density at radius 3 is 2.82 bits per heavy atom. The Morgan fingerprint density at radius 2 is 2.29 bits per heavy atom. The topological polar surface area (TPSA) is 55.1 Å². The molecule has 3 nitrogen and oxygen atoms in total. The van der Waals surface area contributed by atoms with Gasteiger partial charge in [0.15, 0.2) is 0 Å². The van der Waals surface area contributed by atoms with Crippen LogP contribution in [0, 0.1) is 5.82 Å². The number of carbonyl (C=O) groups is 1. The lowest BCUT2D eigenvalue weighted by Crippen LogP contribution is -2.26. The Morgan fingerprint density at radius 1 is 1.65 bits per heavy atom. The van der Waals surface area contributed by atoms with Crippen molar-refractivity contribution in [1.29, 1.82) is 0 Å². The maximum Gasteiger partial charge on any atom is 0.226 e. The van der Waals surface area contributed by atoms with Gasteiger partial charge in [0.2, 0.25) is 5.91 Å². The van der Waals surface area contributed by atoms with E-state index in [0.717, 1.165) is 6.07 Å². The zero-order chi connectivity index (χ0) is 13.0. The number of carbonyl (C=O) groups excluding carboxylic acids is 1. The second kappa shape index (κ2) is 6.33. The first-order valence-corrected chi connectivity index (χ1v) is 6.31. The van der Waals surface area contributed by atoms with E-state index in [4.69, 9.17) is 17.3 Å². The molecule has 0 radical (unpaired) electrons. The summed E-state index contributed by atoms with van der Waals surface area (Å²) in [7, 11) is 0.